The molecule has 0 saturated heterocycles. The molecule has 0 aromatic heterocycles. The number of halogens is 3. The highest BCUT2D eigenvalue weighted by Gasteiger charge is 2.10. The molecule has 19 heavy (non-hydrogen) atoms. The van der Waals surface area contributed by atoms with E-state index in [2.05, 4.69) is 15.6 Å². The topological polar surface area (TPSA) is 56.7 Å². The van der Waals surface area contributed by atoms with Gasteiger partial charge in [-0.2, -0.15) is 0 Å². The Balaban J connectivity index is 0.00000324. The Morgan fingerprint density at radius 2 is 1.84 bits per heavy atom. The molecule has 7 heteroatoms. The molecule has 4 nitrogen and oxygen atoms in total. The fourth-order valence-corrected chi connectivity index (χ4v) is 2.01. The predicted octanol–water partition coefficient (Wildman–Crippen LogP) is 2.83. The van der Waals surface area contributed by atoms with E-state index < -0.39 is 6.10 Å². The summed E-state index contributed by atoms with van der Waals surface area (Å²) in [6.45, 7) is 3.06. The van der Waals surface area contributed by atoms with Gasteiger partial charge in [0, 0.05) is 30.2 Å². The van der Waals surface area contributed by atoms with Crippen LogP contribution in [0.5, 0.6) is 0 Å². The lowest BCUT2D eigenvalue weighted by molar-refractivity contribution is 0.181. The first kappa shape index (κ1) is 18.8. The molecule has 0 radical (unpaired) electrons. The van der Waals surface area contributed by atoms with E-state index in [1.807, 2.05) is 6.92 Å². The van der Waals surface area contributed by atoms with E-state index in [1.54, 1.807) is 25.2 Å². The van der Waals surface area contributed by atoms with E-state index >= 15 is 0 Å². The fourth-order valence-electron chi connectivity index (χ4n) is 1.47. The van der Waals surface area contributed by atoms with Crippen molar-refractivity contribution >= 4 is 53.1 Å². The summed E-state index contributed by atoms with van der Waals surface area (Å²) >= 11 is 11.8. The normalized spacial score (nSPS) is 12.6. The van der Waals surface area contributed by atoms with Gasteiger partial charge in [-0.3, -0.25) is 4.99 Å². The van der Waals surface area contributed by atoms with Gasteiger partial charge in [0.2, 0.25) is 0 Å². The van der Waals surface area contributed by atoms with E-state index in [4.69, 9.17) is 23.2 Å². The van der Waals surface area contributed by atoms with Crippen LogP contribution in [0, 0.1) is 0 Å². The molecule has 108 valence electrons. The second-order valence-electron chi connectivity index (χ2n) is 3.70. The smallest absolute Gasteiger partial charge is 0.191 e. The van der Waals surface area contributed by atoms with E-state index in [9.17, 15) is 5.11 Å². The summed E-state index contributed by atoms with van der Waals surface area (Å²) in [5.74, 6) is 0.643. The van der Waals surface area contributed by atoms with Crippen molar-refractivity contribution in [3.8, 4) is 0 Å². The van der Waals surface area contributed by atoms with Crippen LogP contribution < -0.4 is 10.6 Å². The molecule has 1 unspecified atom stereocenters. The molecule has 0 saturated carbocycles. The summed E-state index contributed by atoms with van der Waals surface area (Å²) in [6, 6.07) is 5.01. The van der Waals surface area contributed by atoms with Gasteiger partial charge in [0.05, 0.1) is 6.10 Å². The Morgan fingerprint density at radius 1 is 1.26 bits per heavy atom. The van der Waals surface area contributed by atoms with Gasteiger partial charge in [0.25, 0.3) is 0 Å². The van der Waals surface area contributed by atoms with Gasteiger partial charge < -0.3 is 15.7 Å². The highest BCUT2D eigenvalue weighted by molar-refractivity contribution is 14.0. The molecule has 3 N–H and O–H groups in total. The van der Waals surface area contributed by atoms with Crippen LogP contribution in [0.2, 0.25) is 10.0 Å². The van der Waals surface area contributed by atoms with Crippen LogP contribution in [0.3, 0.4) is 0 Å². The summed E-state index contributed by atoms with van der Waals surface area (Å²) in [7, 11) is 1.67. The minimum Gasteiger partial charge on any atom is -0.387 e. The molecule has 0 aliphatic carbocycles. The molecule has 0 heterocycles. The van der Waals surface area contributed by atoms with Crippen molar-refractivity contribution in [1.29, 1.82) is 0 Å². The predicted molar refractivity (Wildman–Crippen MR) is 91.9 cm³/mol. The molecular weight excluding hydrogens is 400 g/mol. The monoisotopic (exact) mass is 417 g/mol. The van der Waals surface area contributed by atoms with Crippen LogP contribution in [-0.4, -0.2) is 31.2 Å². The molecule has 1 atom stereocenters. The first-order valence-electron chi connectivity index (χ1n) is 5.65. The highest BCUT2D eigenvalue weighted by Crippen LogP contribution is 2.23. The lowest BCUT2D eigenvalue weighted by atomic mass is 10.1. The molecule has 1 aromatic rings. The molecule has 1 aromatic carbocycles. The number of nitrogens with zero attached hydrogens (tertiary/aromatic N) is 1. The van der Waals surface area contributed by atoms with Crippen LogP contribution in [0.25, 0.3) is 0 Å². The number of hydrogen-bond acceptors (Lipinski definition) is 2. The van der Waals surface area contributed by atoms with E-state index in [1.165, 1.54) is 0 Å². The molecule has 0 bridgehead atoms. The van der Waals surface area contributed by atoms with Crippen LogP contribution in [0.15, 0.2) is 23.2 Å². The first-order valence-corrected chi connectivity index (χ1v) is 6.41. The van der Waals surface area contributed by atoms with Gasteiger partial charge in [-0.05, 0) is 30.7 Å². The van der Waals surface area contributed by atoms with Crippen LogP contribution in [0.4, 0.5) is 0 Å². The zero-order valence-corrected chi connectivity index (χ0v) is 14.6. The summed E-state index contributed by atoms with van der Waals surface area (Å²) in [5, 5.41) is 17.1. The number of guanidine groups is 1. The molecule has 0 aliphatic heterocycles. The summed E-state index contributed by atoms with van der Waals surface area (Å²) in [4.78, 5) is 4.01. The molecular formula is C12H18Cl2IN3O. The van der Waals surface area contributed by atoms with Gasteiger partial charge in [-0.25, -0.2) is 0 Å². The first-order chi connectivity index (χ1) is 8.56. The molecule has 1 rings (SSSR count). The Labute approximate surface area is 140 Å². The number of aliphatic hydroxyl groups excluding tert-OH is 1. The molecule has 0 spiro atoms. The Morgan fingerprint density at radius 3 is 2.32 bits per heavy atom. The SMILES string of the molecule is CCNC(=NC)NCC(O)c1cc(Cl)cc(Cl)c1.I. The Bertz CT molecular complexity index is 409. The zero-order chi connectivity index (χ0) is 13.5. The second kappa shape index (κ2) is 9.63. The zero-order valence-electron chi connectivity index (χ0n) is 10.8. The maximum absolute atomic E-state index is 10.0. The number of aliphatic hydroxyl groups is 1. The van der Waals surface area contributed by atoms with Crippen molar-refractivity contribution in [2.45, 2.75) is 13.0 Å². The molecule has 0 amide bonds. The van der Waals surface area contributed by atoms with Crippen molar-refractivity contribution in [2.75, 3.05) is 20.1 Å². The lowest BCUT2D eigenvalue weighted by Gasteiger charge is -2.15. The average molecular weight is 418 g/mol. The average Bonchev–Trinajstić information content (AvgIpc) is 2.32. The van der Waals surface area contributed by atoms with Crippen molar-refractivity contribution in [1.82, 2.24) is 10.6 Å². The van der Waals surface area contributed by atoms with Gasteiger partial charge in [0.1, 0.15) is 0 Å². The third-order valence-electron chi connectivity index (χ3n) is 2.30. The van der Waals surface area contributed by atoms with Gasteiger partial charge >= 0.3 is 0 Å². The van der Waals surface area contributed by atoms with E-state index in [0.717, 1.165) is 6.54 Å². The summed E-state index contributed by atoms with van der Waals surface area (Å²) in [5.41, 5.74) is 0.673. The largest absolute Gasteiger partial charge is 0.387 e. The number of benzene rings is 1. The fraction of sp³-hybridized carbons (Fsp3) is 0.417. The van der Waals surface area contributed by atoms with Crippen molar-refractivity contribution in [3.05, 3.63) is 33.8 Å². The standard InChI is InChI=1S/C12H17Cl2N3O.HI/c1-3-16-12(15-2)17-7-11(18)8-4-9(13)6-10(14)5-8;/h4-6,11,18H,3,7H2,1-2H3,(H2,15,16,17);1H. The van der Waals surface area contributed by atoms with Crippen molar-refractivity contribution in [2.24, 2.45) is 4.99 Å². The van der Waals surface area contributed by atoms with Crippen molar-refractivity contribution in [3.63, 3.8) is 0 Å². The second-order valence-corrected chi connectivity index (χ2v) is 4.57. The third kappa shape index (κ3) is 6.65. The van der Waals surface area contributed by atoms with Gasteiger partial charge in [0.15, 0.2) is 5.96 Å². The number of rotatable bonds is 4. The van der Waals surface area contributed by atoms with Crippen LogP contribution in [-0.2, 0) is 0 Å². The van der Waals surface area contributed by atoms with E-state index in [0.29, 0.717) is 28.1 Å². The quantitative estimate of drug-likeness (QED) is 0.401. The number of hydrogen-bond donors (Lipinski definition) is 3. The maximum Gasteiger partial charge on any atom is 0.191 e. The highest BCUT2D eigenvalue weighted by atomic mass is 127. The maximum atomic E-state index is 10.0. The van der Waals surface area contributed by atoms with Gasteiger partial charge in [-0.15, -0.1) is 24.0 Å². The molecule has 0 aliphatic rings. The third-order valence-corrected chi connectivity index (χ3v) is 2.74. The van der Waals surface area contributed by atoms with E-state index in [-0.39, 0.29) is 24.0 Å². The Hall–Kier alpha value is -0.240. The van der Waals surface area contributed by atoms with Gasteiger partial charge in [-0.1, -0.05) is 23.2 Å². The minimum atomic E-state index is -0.698. The van der Waals surface area contributed by atoms with Crippen LogP contribution >= 0.6 is 47.2 Å². The number of nitrogens with one attached hydrogen (secondary N) is 2. The Kier molecular flexibility index (Phi) is 9.51. The molecule has 0 fully saturated rings. The summed E-state index contributed by atoms with van der Waals surface area (Å²) in [6.07, 6.45) is -0.698. The van der Waals surface area contributed by atoms with Crippen molar-refractivity contribution < 1.29 is 5.11 Å². The summed E-state index contributed by atoms with van der Waals surface area (Å²) < 4.78 is 0. The minimum absolute atomic E-state index is 0. The lowest BCUT2D eigenvalue weighted by Crippen LogP contribution is -2.39. The number of aliphatic imine (C=N–C) groups is 1. The van der Waals surface area contributed by atoms with Crippen LogP contribution in [0.1, 0.15) is 18.6 Å².